The highest BCUT2D eigenvalue weighted by molar-refractivity contribution is 5.06. The number of fused-ring (bicyclic) bond motifs is 1. The van der Waals surface area contributed by atoms with Crippen LogP contribution in [0.3, 0.4) is 0 Å². The fraction of sp³-hybridized carbons (Fsp3) is 0.786. The Morgan fingerprint density at radius 1 is 1.44 bits per heavy atom. The molecule has 3 atom stereocenters. The molecule has 3 heterocycles. The van der Waals surface area contributed by atoms with Crippen LogP contribution in [-0.4, -0.2) is 40.4 Å². The number of aryl methyl sites for hydroxylation is 1. The number of likely N-dealkylation sites (tertiary alicyclic amines) is 1. The van der Waals surface area contributed by atoms with E-state index in [-0.39, 0.29) is 0 Å². The van der Waals surface area contributed by atoms with Crippen LogP contribution < -0.4 is 5.32 Å². The standard InChI is InChI=1S/C14H24N4/c1-3-4-18-9-12(5-16-18)8-17-10-13-6-15-7-14(13)11(17)2/h5,9,11,13-15H,3-4,6-8,10H2,1-2H3. The first-order chi connectivity index (χ1) is 8.78. The number of nitrogens with one attached hydrogen (secondary N) is 1. The van der Waals surface area contributed by atoms with Crippen LogP contribution in [0.2, 0.25) is 0 Å². The van der Waals surface area contributed by atoms with E-state index in [4.69, 9.17) is 0 Å². The normalized spacial score (nSPS) is 32.0. The Labute approximate surface area is 109 Å². The van der Waals surface area contributed by atoms with Crippen LogP contribution in [-0.2, 0) is 13.1 Å². The summed E-state index contributed by atoms with van der Waals surface area (Å²) in [5.74, 6) is 1.72. The summed E-state index contributed by atoms with van der Waals surface area (Å²) in [6.07, 6.45) is 5.40. The molecule has 100 valence electrons. The van der Waals surface area contributed by atoms with E-state index in [0.29, 0.717) is 6.04 Å². The Morgan fingerprint density at radius 3 is 3.11 bits per heavy atom. The van der Waals surface area contributed by atoms with Crippen molar-refractivity contribution in [3.8, 4) is 0 Å². The second kappa shape index (κ2) is 5.02. The predicted molar refractivity (Wildman–Crippen MR) is 72.2 cm³/mol. The molecule has 4 nitrogen and oxygen atoms in total. The van der Waals surface area contributed by atoms with Crippen LogP contribution in [0.5, 0.6) is 0 Å². The lowest BCUT2D eigenvalue weighted by atomic mass is 9.95. The van der Waals surface area contributed by atoms with Crippen molar-refractivity contribution in [3.05, 3.63) is 18.0 Å². The van der Waals surface area contributed by atoms with Crippen LogP contribution in [0.1, 0.15) is 25.8 Å². The van der Waals surface area contributed by atoms with Gasteiger partial charge in [0.25, 0.3) is 0 Å². The fourth-order valence-electron chi connectivity index (χ4n) is 3.54. The Bertz CT molecular complexity index is 400. The van der Waals surface area contributed by atoms with Gasteiger partial charge in [0.05, 0.1) is 6.20 Å². The summed E-state index contributed by atoms with van der Waals surface area (Å²) >= 11 is 0. The number of rotatable bonds is 4. The van der Waals surface area contributed by atoms with Crippen molar-refractivity contribution in [2.45, 2.75) is 39.4 Å². The molecule has 18 heavy (non-hydrogen) atoms. The van der Waals surface area contributed by atoms with E-state index in [1.54, 1.807) is 0 Å². The Morgan fingerprint density at radius 2 is 2.33 bits per heavy atom. The first kappa shape index (κ1) is 12.2. The molecule has 0 amide bonds. The molecule has 2 aliphatic heterocycles. The molecule has 0 radical (unpaired) electrons. The molecule has 4 heteroatoms. The largest absolute Gasteiger partial charge is 0.316 e. The lowest BCUT2D eigenvalue weighted by Gasteiger charge is -2.23. The third kappa shape index (κ3) is 2.19. The summed E-state index contributed by atoms with van der Waals surface area (Å²) in [6, 6.07) is 0.708. The smallest absolute Gasteiger partial charge is 0.0534 e. The first-order valence-electron chi connectivity index (χ1n) is 7.24. The van der Waals surface area contributed by atoms with Gasteiger partial charge in [-0.25, -0.2) is 0 Å². The van der Waals surface area contributed by atoms with E-state index in [2.05, 4.69) is 40.0 Å². The van der Waals surface area contributed by atoms with Crippen molar-refractivity contribution in [1.82, 2.24) is 20.0 Å². The van der Waals surface area contributed by atoms with Crippen molar-refractivity contribution in [3.63, 3.8) is 0 Å². The molecule has 1 aromatic rings. The highest BCUT2D eigenvalue weighted by Gasteiger charge is 2.41. The lowest BCUT2D eigenvalue weighted by Crippen LogP contribution is -2.32. The van der Waals surface area contributed by atoms with Gasteiger partial charge in [0.15, 0.2) is 0 Å². The van der Waals surface area contributed by atoms with Crippen LogP contribution in [0.15, 0.2) is 12.4 Å². The molecule has 2 aliphatic rings. The summed E-state index contributed by atoms with van der Waals surface area (Å²) in [6.45, 7) is 10.3. The van der Waals surface area contributed by atoms with Gasteiger partial charge in [-0.1, -0.05) is 6.92 Å². The molecule has 0 spiro atoms. The molecule has 0 aromatic carbocycles. The summed E-state index contributed by atoms with van der Waals surface area (Å²) in [5.41, 5.74) is 1.36. The summed E-state index contributed by atoms with van der Waals surface area (Å²) < 4.78 is 2.07. The minimum Gasteiger partial charge on any atom is -0.316 e. The molecular formula is C14H24N4. The highest BCUT2D eigenvalue weighted by atomic mass is 15.3. The topological polar surface area (TPSA) is 33.1 Å². The number of nitrogens with zero attached hydrogens (tertiary/aromatic N) is 3. The number of hydrogen-bond acceptors (Lipinski definition) is 3. The fourth-order valence-corrected chi connectivity index (χ4v) is 3.54. The second-order valence-electron chi connectivity index (χ2n) is 5.86. The van der Waals surface area contributed by atoms with Gasteiger partial charge >= 0.3 is 0 Å². The summed E-state index contributed by atoms with van der Waals surface area (Å²) in [7, 11) is 0. The molecule has 2 fully saturated rings. The second-order valence-corrected chi connectivity index (χ2v) is 5.86. The monoisotopic (exact) mass is 248 g/mol. The highest BCUT2D eigenvalue weighted by Crippen LogP contribution is 2.33. The van der Waals surface area contributed by atoms with Gasteiger partial charge in [-0.15, -0.1) is 0 Å². The molecule has 0 aliphatic carbocycles. The van der Waals surface area contributed by atoms with Crippen LogP contribution in [0.25, 0.3) is 0 Å². The number of aromatic nitrogens is 2. The first-order valence-corrected chi connectivity index (χ1v) is 7.24. The van der Waals surface area contributed by atoms with Gasteiger partial charge < -0.3 is 5.32 Å². The molecule has 3 unspecified atom stereocenters. The van der Waals surface area contributed by atoms with Gasteiger partial charge in [-0.05, 0) is 38.3 Å². The quantitative estimate of drug-likeness (QED) is 0.873. The molecule has 3 rings (SSSR count). The minimum absolute atomic E-state index is 0.708. The average Bonchev–Trinajstić information content (AvgIpc) is 3.02. The van der Waals surface area contributed by atoms with E-state index in [9.17, 15) is 0 Å². The molecule has 2 saturated heterocycles. The maximum Gasteiger partial charge on any atom is 0.0534 e. The zero-order chi connectivity index (χ0) is 12.5. The Hall–Kier alpha value is -0.870. The molecular weight excluding hydrogens is 224 g/mol. The van der Waals surface area contributed by atoms with Gasteiger partial charge in [0, 0.05) is 37.4 Å². The van der Waals surface area contributed by atoms with Crippen molar-refractivity contribution >= 4 is 0 Å². The summed E-state index contributed by atoms with van der Waals surface area (Å²) in [5, 5.41) is 7.94. The maximum absolute atomic E-state index is 4.42. The van der Waals surface area contributed by atoms with Crippen LogP contribution in [0.4, 0.5) is 0 Å². The SMILES string of the molecule is CCCn1cc(CN2CC3CNCC3C2C)cn1. The average molecular weight is 248 g/mol. The predicted octanol–water partition coefficient (Wildman–Crippen LogP) is 1.33. The molecule has 1 aromatic heterocycles. The Balaban J connectivity index is 1.62. The van der Waals surface area contributed by atoms with Crippen LogP contribution in [0, 0.1) is 11.8 Å². The van der Waals surface area contributed by atoms with E-state index >= 15 is 0 Å². The lowest BCUT2D eigenvalue weighted by molar-refractivity contribution is 0.231. The molecule has 0 saturated carbocycles. The molecule has 1 N–H and O–H groups in total. The van der Waals surface area contributed by atoms with Gasteiger partial charge in [-0.3, -0.25) is 9.58 Å². The van der Waals surface area contributed by atoms with E-state index in [0.717, 1.165) is 31.3 Å². The van der Waals surface area contributed by atoms with E-state index in [1.807, 2.05) is 6.20 Å². The van der Waals surface area contributed by atoms with Gasteiger partial charge in [0.2, 0.25) is 0 Å². The minimum atomic E-state index is 0.708. The third-order valence-corrected chi connectivity index (χ3v) is 4.58. The van der Waals surface area contributed by atoms with Crippen molar-refractivity contribution in [2.24, 2.45) is 11.8 Å². The third-order valence-electron chi connectivity index (χ3n) is 4.58. The number of hydrogen-bond donors (Lipinski definition) is 1. The Kier molecular flexibility index (Phi) is 3.39. The van der Waals surface area contributed by atoms with Crippen molar-refractivity contribution in [2.75, 3.05) is 19.6 Å². The zero-order valence-electron chi connectivity index (χ0n) is 11.5. The van der Waals surface area contributed by atoms with Crippen molar-refractivity contribution < 1.29 is 0 Å². The van der Waals surface area contributed by atoms with E-state index in [1.165, 1.54) is 25.2 Å². The van der Waals surface area contributed by atoms with Gasteiger partial charge in [0.1, 0.15) is 0 Å². The van der Waals surface area contributed by atoms with Crippen LogP contribution >= 0.6 is 0 Å². The maximum atomic E-state index is 4.42. The van der Waals surface area contributed by atoms with E-state index < -0.39 is 0 Å². The molecule has 0 bridgehead atoms. The summed E-state index contributed by atoms with van der Waals surface area (Å²) in [4.78, 5) is 2.63. The van der Waals surface area contributed by atoms with Gasteiger partial charge in [-0.2, -0.15) is 5.10 Å². The van der Waals surface area contributed by atoms with Crippen molar-refractivity contribution in [1.29, 1.82) is 0 Å². The zero-order valence-corrected chi connectivity index (χ0v) is 11.5.